The van der Waals surface area contributed by atoms with Crippen LogP contribution < -0.4 is 0 Å². The van der Waals surface area contributed by atoms with Crippen molar-refractivity contribution < 1.29 is 9.85 Å². The molecular formula is C8H4N4O4. The number of nitriles is 2. The molecule has 0 atom stereocenters. The Balaban J connectivity index is 3.30. The Morgan fingerprint density at radius 1 is 1.25 bits per heavy atom. The summed E-state index contributed by atoms with van der Waals surface area (Å²) >= 11 is 0. The molecule has 0 unspecified atom stereocenters. The van der Waals surface area contributed by atoms with Gasteiger partial charge in [-0.05, 0) is 6.08 Å². The minimum Gasteiger partial charge on any atom is -0.258 e. The van der Waals surface area contributed by atoms with Crippen LogP contribution in [-0.4, -0.2) is 15.5 Å². The van der Waals surface area contributed by atoms with Gasteiger partial charge in [-0.25, -0.2) is 0 Å². The van der Waals surface area contributed by atoms with Crippen molar-refractivity contribution in [2.24, 2.45) is 0 Å². The fourth-order valence-electron chi connectivity index (χ4n) is 1.25. The highest BCUT2D eigenvalue weighted by atomic mass is 16.7. The van der Waals surface area contributed by atoms with Gasteiger partial charge in [0.1, 0.15) is 22.3 Å². The average Bonchev–Trinajstić information content (AvgIpc) is 2.27. The highest BCUT2D eigenvalue weighted by Crippen LogP contribution is 2.29. The first kappa shape index (κ1) is 11.3. The second kappa shape index (κ2) is 3.79. The third-order valence-corrected chi connectivity index (χ3v) is 2.17. The molecule has 0 aromatic carbocycles. The summed E-state index contributed by atoms with van der Waals surface area (Å²) in [6.07, 6.45) is 0.961. The maximum atomic E-state index is 10.7. The molecule has 0 aliphatic heterocycles. The van der Waals surface area contributed by atoms with Crippen molar-refractivity contribution in [2.45, 2.75) is 12.1 Å². The Bertz CT molecular complexity index is 491. The summed E-state index contributed by atoms with van der Waals surface area (Å²) in [4.78, 5) is 19.2. The lowest BCUT2D eigenvalue weighted by atomic mass is 9.91. The Kier molecular flexibility index (Phi) is 2.68. The molecule has 0 fully saturated rings. The van der Waals surface area contributed by atoms with Crippen LogP contribution in [0.1, 0.15) is 6.42 Å². The molecule has 0 aromatic heterocycles. The van der Waals surface area contributed by atoms with Crippen LogP contribution in [0.25, 0.3) is 0 Å². The molecule has 16 heavy (non-hydrogen) atoms. The van der Waals surface area contributed by atoms with Gasteiger partial charge in [-0.3, -0.25) is 20.2 Å². The summed E-state index contributed by atoms with van der Waals surface area (Å²) in [5.74, 6) is 0. The standard InChI is InChI=1S/C8H4N4O4/c9-4-6-1-2-8(11(13)14,12(15)16)3-7(6)5-10/h1-2H,3H2. The van der Waals surface area contributed by atoms with Gasteiger partial charge in [0.25, 0.3) is 0 Å². The van der Waals surface area contributed by atoms with E-state index < -0.39 is 21.9 Å². The molecule has 0 N–H and O–H groups in total. The van der Waals surface area contributed by atoms with Crippen LogP contribution in [0.4, 0.5) is 0 Å². The second-order valence-corrected chi connectivity index (χ2v) is 3.02. The summed E-state index contributed by atoms with van der Waals surface area (Å²) in [5.41, 5.74) is -2.87. The average molecular weight is 220 g/mol. The summed E-state index contributed by atoms with van der Waals surface area (Å²) < 4.78 is 0. The molecule has 0 saturated carbocycles. The molecule has 80 valence electrons. The summed E-state index contributed by atoms with van der Waals surface area (Å²) in [5, 5.41) is 38.6. The second-order valence-electron chi connectivity index (χ2n) is 3.02. The number of rotatable bonds is 2. The maximum absolute atomic E-state index is 10.7. The number of nitrogens with zero attached hydrogens (tertiary/aromatic N) is 4. The molecule has 8 heteroatoms. The van der Waals surface area contributed by atoms with E-state index in [1.165, 1.54) is 0 Å². The largest absolute Gasteiger partial charge is 0.482 e. The van der Waals surface area contributed by atoms with Gasteiger partial charge in [0.2, 0.25) is 0 Å². The van der Waals surface area contributed by atoms with Crippen LogP contribution in [0.3, 0.4) is 0 Å². The van der Waals surface area contributed by atoms with Crippen LogP contribution in [0, 0.1) is 42.9 Å². The zero-order chi connectivity index (χ0) is 12.3. The van der Waals surface area contributed by atoms with E-state index in [9.17, 15) is 20.2 Å². The van der Waals surface area contributed by atoms with E-state index in [0.29, 0.717) is 0 Å². The minimum absolute atomic E-state index is 0.0816. The lowest BCUT2D eigenvalue weighted by Crippen LogP contribution is -2.45. The van der Waals surface area contributed by atoms with Crippen molar-refractivity contribution >= 4 is 0 Å². The molecule has 0 radical (unpaired) electrons. The maximum Gasteiger partial charge on any atom is 0.482 e. The fraction of sp³-hybridized carbons (Fsp3) is 0.250. The molecule has 0 spiro atoms. The van der Waals surface area contributed by atoms with E-state index >= 15 is 0 Å². The van der Waals surface area contributed by atoms with Crippen LogP contribution in [0.2, 0.25) is 0 Å². The number of hydrogen-bond acceptors (Lipinski definition) is 6. The van der Waals surface area contributed by atoms with E-state index in [0.717, 1.165) is 12.2 Å². The predicted octanol–water partition coefficient (Wildman–Crippen LogP) is 0.540. The first-order valence-electron chi connectivity index (χ1n) is 3.99. The summed E-state index contributed by atoms with van der Waals surface area (Å²) in [6, 6.07) is 3.21. The third-order valence-electron chi connectivity index (χ3n) is 2.17. The number of allylic oxidation sites excluding steroid dienone is 2. The molecule has 1 aliphatic carbocycles. The Morgan fingerprint density at radius 2 is 1.81 bits per heavy atom. The van der Waals surface area contributed by atoms with E-state index in [-0.39, 0.29) is 11.1 Å². The lowest BCUT2D eigenvalue weighted by Gasteiger charge is -2.16. The van der Waals surface area contributed by atoms with Gasteiger partial charge in [0, 0.05) is 0 Å². The van der Waals surface area contributed by atoms with E-state index in [1.54, 1.807) is 12.1 Å². The van der Waals surface area contributed by atoms with Crippen LogP contribution in [0.5, 0.6) is 0 Å². The third kappa shape index (κ3) is 1.48. The first-order valence-corrected chi connectivity index (χ1v) is 3.99. The monoisotopic (exact) mass is 220 g/mol. The zero-order valence-electron chi connectivity index (χ0n) is 7.78. The van der Waals surface area contributed by atoms with Crippen molar-refractivity contribution in [2.75, 3.05) is 0 Å². The number of nitro groups is 2. The fourth-order valence-corrected chi connectivity index (χ4v) is 1.25. The first-order chi connectivity index (χ1) is 7.47. The van der Waals surface area contributed by atoms with Crippen molar-refractivity contribution in [3.8, 4) is 12.1 Å². The molecule has 1 rings (SSSR count). The zero-order valence-corrected chi connectivity index (χ0v) is 7.78. The van der Waals surface area contributed by atoms with E-state index in [2.05, 4.69) is 0 Å². The molecule has 0 bridgehead atoms. The molecule has 0 aromatic rings. The SMILES string of the molecule is N#CC1=C(C#N)CC([N+](=O)[O-])([N+](=O)[O-])C=C1. The van der Waals surface area contributed by atoms with Crippen molar-refractivity contribution in [3.63, 3.8) is 0 Å². The van der Waals surface area contributed by atoms with Gasteiger partial charge in [0.05, 0.1) is 23.3 Å². The van der Waals surface area contributed by atoms with Crippen LogP contribution in [-0.2, 0) is 0 Å². The Morgan fingerprint density at radius 3 is 2.19 bits per heavy atom. The van der Waals surface area contributed by atoms with E-state index in [4.69, 9.17) is 10.5 Å². The minimum atomic E-state index is -2.54. The predicted molar refractivity (Wildman–Crippen MR) is 48.7 cm³/mol. The van der Waals surface area contributed by atoms with Gasteiger partial charge in [-0.2, -0.15) is 10.5 Å². The highest BCUT2D eigenvalue weighted by molar-refractivity contribution is 5.47. The smallest absolute Gasteiger partial charge is 0.258 e. The molecule has 0 heterocycles. The molecule has 0 amide bonds. The normalized spacial score (nSPS) is 17.4. The molecule has 0 saturated heterocycles. The highest BCUT2D eigenvalue weighted by Gasteiger charge is 2.56. The van der Waals surface area contributed by atoms with Crippen molar-refractivity contribution in [1.82, 2.24) is 0 Å². The van der Waals surface area contributed by atoms with Crippen LogP contribution >= 0.6 is 0 Å². The van der Waals surface area contributed by atoms with Crippen molar-refractivity contribution in [3.05, 3.63) is 43.5 Å². The molecular weight excluding hydrogens is 216 g/mol. The lowest BCUT2D eigenvalue weighted by molar-refractivity contribution is -0.780. The van der Waals surface area contributed by atoms with Gasteiger partial charge in [-0.1, -0.05) is 0 Å². The Labute approximate surface area is 89.0 Å². The van der Waals surface area contributed by atoms with Gasteiger partial charge < -0.3 is 0 Å². The topological polar surface area (TPSA) is 134 Å². The summed E-state index contributed by atoms with van der Waals surface area (Å²) in [7, 11) is 0. The number of hydrogen-bond donors (Lipinski definition) is 0. The van der Waals surface area contributed by atoms with Gasteiger partial charge >= 0.3 is 5.66 Å². The van der Waals surface area contributed by atoms with Crippen LogP contribution in [0.15, 0.2) is 23.3 Å². The van der Waals surface area contributed by atoms with Gasteiger partial charge in [-0.15, -0.1) is 0 Å². The van der Waals surface area contributed by atoms with Gasteiger partial charge in [0.15, 0.2) is 0 Å². The van der Waals surface area contributed by atoms with E-state index in [1.807, 2.05) is 0 Å². The summed E-state index contributed by atoms with van der Waals surface area (Å²) in [6.45, 7) is 0. The van der Waals surface area contributed by atoms with Crippen molar-refractivity contribution in [1.29, 1.82) is 10.5 Å². The quantitative estimate of drug-likeness (QED) is 0.378. The Hall–Kier alpha value is -2.74. The molecule has 1 aliphatic rings. The molecule has 8 nitrogen and oxygen atoms in total.